The first kappa shape index (κ1) is 16.9. The van der Waals surface area contributed by atoms with Crippen molar-refractivity contribution in [3.05, 3.63) is 54.1 Å². The lowest BCUT2D eigenvalue weighted by Gasteiger charge is -2.27. The number of aromatic nitrogens is 2. The Labute approximate surface area is 149 Å². The van der Waals surface area contributed by atoms with Gasteiger partial charge in [0.15, 0.2) is 5.11 Å². The summed E-state index contributed by atoms with van der Waals surface area (Å²) in [4.78, 5) is 9.08. The summed E-state index contributed by atoms with van der Waals surface area (Å²) >= 11 is 5.65. The zero-order chi connectivity index (χ0) is 17.1. The second-order valence-corrected chi connectivity index (χ2v) is 6.97. The van der Waals surface area contributed by atoms with Crippen molar-refractivity contribution in [3.63, 3.8) is 0 Å². The van der Waals surface area contributed by atoms with Crippen molar-refractivity contribution in [3.8, 4) is 0 Å². The minimum atomic E-state index is 0.0838. The second-order valence-electron chi connectivity index (χ2n) is 6.59. The smallest absolute Gasteiger partial charge is 0.170 e. The molecule has 0 amide bonds. The maximum atomic E-state index is 5.65. The van der Waals surface area contributed by atoms with Crippen molar-refractivity contribution in [2.75, 3.05) is 27.2 Å². The number of nitrogens with one attached hydrogen (secondary N) is 1. The third-order valence-electron chi connectivity index (χ3n) is 4.40. The van der Waals surface area contributed by atoms with Crippen LogP contribution in [0.5, 0.6) is 0 Å². The van der Waals surface area contributed by atoms with Gasteiger partial charge in [0, 0.05) is 32.2 Å². The first-order valence-corrected chi connectivity index (χ1v) is 8.72. The summed E-state index contributed by atoms with van der Waals surface area (Å²) in [5.41, 5.74) is 2.30. The molecule has 1 saturated heterocycles. The Bertz CT molecular complexity index is 682. The van der Waals surface area contributed by atoms with E-state index in [1.54, 1.807) is 0 Å². The van der Waals surface area contributed by atoms with Crippen LogP contribution in [-0.4, -0.2) is 51.6 Å². The first-order chi connectivity index (χ1) is 11.6. The van der Waals surface area contributed by atoms with Crippen LogP contribution in [0, 0.1) is 0 Å². The fourth-order valence-electron chi connectivity index (χ4n) is 3.27. The van der Waals surface area contributed by atoms with E-state index < -0.39 is 0 Å². The number of nitrogens with zero attached hydrogens (tertiary/aromatic N) is 4. The van der Waals surface area contributed by atoms with Crippen molar-refractivity contribution in [2.24, 2.45) is 7.05 Å². The minimum Gasteiger partial charge on any atom is -0.357 e. The molecular formula is C18H25N5S. The summed E-state index contributed by atoms with van der Waals surface area (Å²) in [6.07, 6.45) is 7.18. The molecule has 6 heteroatoms. The zero-order valence-electron chi connectivity index (χ0n) is 14.5. The molecule has 0 radical (unpaired) electrons. The van der Waals surface area contributed by atoms with Crippen LogP contribution in [0.3, 0.4) is 0 Å². The topological polar surface area (TPSA) is 36.3 Å². The van der Waals surface area contributed by atoms with Gasteiger partial charge in [-0.3, -0.25) is 4.98 Å². The van der Waals surface area contributed by atoms with Gasteiger partial charge in [-0.2, -0.15) is 0 Å². The summed E-state index contributed by atoms with van der Waals surface area (Å²) in [6.45, 7) is 1.99. The van der Waals surface area contributed by atoms with Gasteiger partial charge < -0.3 is 19.7 Å². The van der Waals surface area contributed by atoms with Gasteiger partial charge >= 0.3 is 0 Å². The van der Waals surface area contributed by atoms with Crippen LogP contribution >= 0.6 is 12.2 Å². The Kier molecular flexibility index (Phi) is 5.16. The first-order valence-electron chi connectivity index (χ1n) is 8.31. The average Bonchev–Trinajstić information content (AvgIpc) is 3.12. The Balaban J connectivity index is 1.88. The maximum Gasteiger partial charge on any atom is 0.170 e. The third kappa shape index (κ3) is 3.60. The number of aryl methyl sites for hydroxylation is 1. The molecule has 24 heavy (non-hydrogen) atoms. The van der Waals surface area contributed by atoms with E-state index in [4.69, 9.17) is 12.2 Å². The average molecular weight is 344 g/mol. The van der Waals surface area contributed by atoms with E-state index in [-0.39, 0.29) is 12.1 Å². The Morgan fingerprint density at radius 1 is 1.29 bits per heavy atom. The van der Waals surface area contributed by atoms with E-state index in [0.717, 1.165) is 30.3 Å². The molecule has 0 spiro atoms. The molecule has 3 rings (SSSR count). The molecule has 0 aliphatic carbocycles. The van der Waals surface area contributed by atoms with E-state index in [2.05, 4.69) is 70.3 Å². The number of pyridine rings is 1. The summed E-state index contributed by atoms with van der Waals surface area (Å²) in [6, 6.07) is 8.48. The third-order valence-corrected chi connectivity index (χ3v) is 4.75. The van der Waals surface area contributed by atoms with Crippen LogP contribution in [0.4, 0.5) is 0 Å². The van der Waals surface area contributed by atoms with Crippen molar-refractivity contribution in [1.82, 2.24) is 24.7 Å². The molecule has 2 aromatic rings. The van der Waals surface area contributed by atoms with Crippen molar-refractivity contribution in [2.45, 2.75) is 18.5 Å². The highest BCUT2D eigenvalue weighted by Gasteiger charge is 2.39. The molecule has 2 aromatic heterocycles. The zero-order valence-corrected chi connectivity index (χ0v) is 15.3. The summed E-state index contributed by atoms with van der Waals surface area (Å²) in [7, 11) is 6.26. The highest BCUT2D eigenvalue weighted by Crippen LogP contribution is 2.38. The van der Waals surface area contributed by atoms with Gasteiger partial charge in [-0.1, -0.05) is 6.07 Å². The van der Waals surface area contributed by atoms with Gasteiger partial charge in [-0.05, 0) is 63.0 Å². The molecule has 0 bridgehead atoms. The SMILES string of the molecule is CN(C)CCCN1C(=S)N[C@@H](c2ccccn2)[C@@H]1c1ccn(C)c1. The molecule has 1 aliphatic heterocycles. The molecule has 0 aromatic carbocycles. The van der Waals surface area contributed by atoms with Crippen molar-refractivity contribution >= 4 is 17.3 Å². The van der Waals surface area contributed by atoms with Crippen LogP contribution in [0.2, 0.25) is 0 Å². The van der Waals surface area contributed by atoms with E-state index in [1.165, 1.54) is 5.56 Å². The van der Waals surface area contributed by atoms with Gasteiger partial charge in [0.25, 0.3) is 0 Å². The maximum absolute atomic E-state index is 5.65. The summed E-state index contributed by atoms with van der Waals surface area (Å²) in [5.74, 6) is 0. The van der Waals surface area contributed by atoms with Crippen LogP contribution < -0.4 is 5.32 Å². The molecule has 0 saturated carbocycles. The molecule has 2 atom stereocenters. The molecule has 1 fully saturated rings. The summed E-state index contributed by atoms with van der Waals surface area (Å²) in [5, 5.41) is 4.31. The lowest BCUT2D eigenvalue weighted by molar-refractivity contribution is 0.293. The molecule has 0 unspecified atom stereocenters. The number of thiocarbonyl (C=S) groups is 1. The molecule has 128 valence electrons. The van der Waals surface area contributed by atoms with Crippen molar-refractivity contribution < 1.29 is 0 Å². The Morgan fingerprint density at radius 2 is 2.12 bits per heavy atom. The van der Waals surface area contributed by atoms with Crippen LogP contribution in [-0.2, 0) is 7.05 Å². The predicted octanol–water partition coefficient (Wildman–Crippen LogP) is 2.34. The van der Waals surface area contributed by atoms with Crippen LogP contribution in [0.25, 0.3) is 0 Å². The van der Waals surface area contributed by atoms with Gasteiger partial charge in [0.05, 0.1) is 17.8 Å². The van der Waals surface area contributed by atoms with E-state index in [0.29, 0.717) is 0 Å². The molecule has 1 aliphatic rings. The van der Waals surface area contributed by atoms with Crippen LogP contribution in [0.15, 0.2) is 42.9 Å². The minimum absolute atomic E-state index is 0.0838. The fraction of sp³-hybridized carbons (Fsp3) is 0.444. The fourth-order valence-corrected chi connectivity index (χ4v) is 3.60. The number of hydrogen-bond acceptors (Lipinski definition) is 3. The van der Waals surface area contributed by atoms with Crippen molar-refractivity contribution in [1.29, 1.82) is 0 Å². The number of hydrogen-bond donors (Lipinski definition) is 1. The summed E-state index contributed by atoms with van der Waals surface area (Å²) < 4.78 is 2.09. The normalized spacial score (nSPS) is 20.7. The molecule has 1 N–H and O–H groups in total. The lowest BCUT2D eigenvalue weighted by atomic mass is 9.99. The van der Waals surface area contributed by atoms with Gasteiger partial charge in [-0.15, -0.1) is 0 Å². The van der Waals surface area contributed by atoms with E-state index in [9.17, 15) is 0 Å². The van der Waals surface area contributed by atoms with Gasteiger partial charge in [0.1, 0.15) is 0 Å². The monoisotopic (exact) mass is 343 g/mol. The highest BCUT2D eigenvalue weighted by atomic mass is 32.1. The Morgan fingerprint density at radius 3 is 2.75 bits per heavy atom. The Hall–Kier alpha value is -1.92. The molecular weight excluding hydrogens is 318 g/mol. The highest BCUT2D eigenvalue weighted by molar-refractivity contribution is 7.80. The second kappa shape index (κ2) is 7.32. The lowest BCUT2D eigenvalue weighted by Crippen LogP contribution is -2.32. The standard InChI is InChI=1S/C18H25N5S/c1-21(2)10-6-11-23-17(14-8-12-22(3)13-14)16(20-18(23)24)15-7-4-5-9-19-15/h4-5,7-9,12-13,16-17H,6,10-11H2,1-3H3,(H,20,24)/t16-,17-/m0/s1. The van der Waals surface area contributed by atoms with Gasteiger partial charge in [0.2, 0.25) is 0 Å². The van der Waals surface area contributed by atoms with E-state index in [1.807, 2.05) is 18.3 Å². The molecule has 3 heterocycles. The largest absolute Gasteiger partial charge is 0.357 e. The van der Waals surface area contributed by atoms with Gasteiger partial charge in [-0.25, -0.2) is 0 Å². The predicted molar refractivity (Wildman–Crippen MR) is 101 cm³/mol. The number of rotatable bonds is 6. The quantitative estimate of drug-likeness (QED) is 0.815. The van der Waals surface area contributed by atoms with Crippen LogP contribution in [0.1, 0.15) is 29.8 Å². The molecule has 5 nitrogen and oxygen atoms in total. The van der Waals surface area contributed by atoms with E-state index >= 15 is 0 Å².